The monoisotopic (exact) mass is 273 g/mol. The van der Waals surface area contributed by atoms with Crippen molar-refractivity contribution in [3.63, 3.8) is 0 Å². The molecule has 0 rings (SSSR count). The third-order valence-corrected chi connectivity index (χ3v) is 2.47. The van der Waals surface area contributed by atoms with Gasteiger partial charge in [-0.3, -0.25) is 4.79 Å². The molecule has 5 nitrogen and oxygen atoms in total. The van der Waals surface area contributed by atoms with E-state index in [0.29, 0.717) is 19.4 Å². The van der Waals surface area contributed by atoms with Gasteiger partial charge in [0.15, 0.2) is 0 Å². The van der Waals surface area contributed by atoms with Gasteiger partial charge >= 0.3 is 12.1 Å². The van der Waals surface area contributed by atoms with Crippen LogP contribution in [-0.2, 0) is 14.3 Å². The molecule has 1 N–H and O–H groups in total. The maximum atomic E-state index is 11.7. The Morgan fingerprint density at radius 2 is 1.79 bits per heavy atom. The summed E-state index contributed by atoms with van der Waals surface area (Å²) >= 11 is 0. The Morgan fingerprint density at radius 1 is 1.21 bits per heavy atom. The molecule has 5 heteroatoms. The van der Waals surface area contributed by atoms with Crippen LogP contribution in [0, 0.1) is 5.92 Å². The standard InChI is InChI=1S/C14H27NO4/c1-7-18-12(16)9-8-11(10(2)3)15-13(17)19-14(4,5)6/h10-11H,7-9H2,1-6H3,(H,15,17)/t11-/m1/s1. The van der Waals surface area contributed by atoms with Gasteiger partial charge in [0.05, 0.1) is 6.61 Å². The van der Waals surface area contributed by atoms with Crippen molar-refractivity contribution in [2.24, 2.45) is 5.92 Å². The van der Waals surface area contributed by atoms with E-state index in [9.17, 15) is 9.59 Å². The molecule has 0 aliphatic carbocycles. The molecule has 0 aromatic carbocycles. The SMILES string of the molecule is CCOC(=O)CC[C@@H](NC(=O)OC(C)(C)C)C(C)C. The Labute approximate surface area is 116 Å². The van der Waals surface area contributed by atoms with Crippen LogP contribution in [0.5, 0.6) is 0 Å². The largest absolute Gasteiger partial charge is 0.466 e. The van der Waals surface area contributed by atoms with E-state index in [-0.39, 0.29) is 17.9 Å². The van der Waals surface area contributed by atoms with Gasteiger partial charge < -0.3 is 14.8 Å². The molecule has 0 spiro atoms. The smallest absolute Gasteiger partial charge is 0.407 e. The quantitative estimate of drug-likeness (QED) is 0.756. The fraction of sp³-hybridized carbons (Fsp3) is 0.857. The minimum atomic E-state index is -0.521. The highest BCUT2D eigenvalue weighted by Gasteiger charge is 2.22. The van der Waals surface area contributed by atoms with Crippen LogP contribution in [0.1, 0.15) is 54.4 Å². The summed E-state index contributed by atoms with van der Waals surface area (Å²) in [4.78, 5) is 23.0. The van der Waals surface area contributed by atoms with Crippen molar-refractivity contribution in [1.82, 2.24) is 5.32 Å². The van der Waals surface area contributed by atoms with Gasteiger partial charge in [-0.15, -0.1) is 0 Å². The van der Waals surface area contributed by atoms with Gasteiger partial charge in [0, 0.05) is 12.5 Å². The number of amides is 1. The van der Waals surface area contributed by atoms with Crippen molar-refractivity contribution < 1.29 is 19.1 Å². The molecule has 1 amide bonds. The third kappa shape index (κ3) is 9.33. The summed E-state index contributed by atoms with van der Waals surface area (Å²) in [7, 11) is 0. The lowest BCUT2D eigenvalue weighted by molar-refractivity contribution is -0.143. The Hall–Kier alpha value is -1.26. The first-order valence-corrected chi connectivity index (χ1v) is 6.80. The highest BCUT2D eigenvalue weighted by atomic mass is 16.6. The minimum Gasteiger partial charge on any atom is -0.466 e. The molecule has 0 fully saturated rings. The number of rotatable bonds is 6. The number of hydrogen-bond donors (Lipinski definition) is 1. The van der Waals surface area contributed by atoms with E-state index in [0.717, 1.165) is 0 Å². The maximum Gasteiger partial charge on any atom is 0.407 e. The first-order valence-electron chi connectivity index (χ1n) is 6.80. The van der Waals surface area contributed by atoms with E-state index in [2.05, 4.69) is 5.32 Å². The van der Waals surface area contributed by atoms with Gasteiger partial charge in [0.2, 0.25) is 0 Å². The van der Waals surface area contributed by atoms with Crippen molar-refractivity contribution in [2.45, 2.75) is 66.0 Å². The summed E-state index contributed by atoms with van der Waals surface area (Å²) in [6.07, 6.45) is 0.400. The fourth-order valence-corrected chi connectivity index (χ4v) is 1.54. The summed E-state index contributed by atoms with van der Waals surface area (Å²) in [6, 6.07) is -0.0979. The van der Waals surface area contributed by atoms with Crippen molar-refractivity contribution in [3.8, 4) is 0 Å². The molecule has 0 saturated carbocycles. The normalized spacial score (nSPS) is 13.0. The highest BCUT2D eigenvalue weighted by Crippen LogP contribution is 2.12. The van der Waals surface area contributed by atoms with Crippen molar-refractivity contribution >= 4 is 12.1 Å². The Bertz CT molecular complexity index is 294. The lowest BCUT2D eigenvalue weighted by Crippen LogP contribution is -2.42. The van der Waals surface area contributed by atoms with Crippen molar-refractivity contribution in [2.75, 3.05) is 6.61 Å². The van der Waals surface area contributed by atoms with Gasteiger partial charge in [-0.05, 0) is 40.0 Å². The molecular weight excluding hydrogens is 246 g/mol. The molecule has 1 atom stereocenters. The van der Waals surface area contributed by atoms with E-state index in [1.54, 1.807) is 6.92 Å². The molecule has 0 unspecified atom stereocenters. The zero-order valence-electron chi connectivity index (χ0n) is 12.9. The van der Waals surface area contributed by atoms with Gasteiger partial charge in [-0.25, -0.2) is 4.79 Å². The van der Waals surface area contributed by atoms with Crippen LogP contribution in [0.2, 0.25) is 0 Å². The van der Waals surface area contributed by atoms with Crippen LogP contribution in [-0.4, -0.2) is 30.3 Å². The predicted molar refractivity (Wildman–Crippen MR) is 73.9 cm³/mol. The van der Waals surface area contributed by atoms with Crippen LogP contribution in [0.4, 0.5) is 4.79 Å². The first-order chi connectivity index (χ1) is 8.65. The summed E-state index contributed by atoms with van der Waals surface area (Å²) in [5, 5.41) is 2.80. The summed E-state index contributed by atoms with van der Waals surface area (Å²) in [5.74, 6) is -0.0129. The number of esters is 1. The zero-order valence-corrected chi connectivity index (χ0v) is 12.9. The molecule has 0 aliphatic heterocycles. The fourth-order valence-electron chi connectivity index (χ4n) is 1.54. The van der Waals surface area contributed by atoms with E-state index in [4.69, 9.17) is 9.47 Å². The average Bonchev–Trinajstić information content (AvgIpc) is 2.21. The molecule has 0 bridgehead atoms. The van der Waals surface area contributed by atoms with Crippen LogP contribution < -0.4 is 5.32 Å². The van der Waals surface area contributed by atoms with Gasteiger partial charge in [0.1, 0.15) is 5.60 Å². The highest BCUT2D eigenvalue weighted by molar-refractivity contribution is 5.70. The number of carbonyl (C=O) groups excluding carboxylic acids is 2. The molecule has 0 radical (unpaired) electrons. The van der Waals surface area contributed by atoms with E-state index < -0.39 is 11.7 Å². The van der Waals surface area contributed by atoms with Crippen molar-refractivity contribution in [3.05, 3.63) is 0 Å². The predicted octanol–water partition coefficient (Wildman–Crippen LogP) is 2.88. The molecule has 0 aromatic heterocycles. The topological polar surface area (TPSA) is 64.6 Å². The Balaban J connectivity index is 4.27. The molecule has 0 saturated heterocycles. The second-order valence-corrected chi connectivity index (χ2v) is 5.84. The Kier molecular flexibility index (Phi) is 7.49. The molecule has 0 aromatic rings. The average molecular weight is 273 g/mol. The summed E-state index contributed by atoms with van der Waals surface area (Å²) in [5.41, 5.74) is -0.521. The molecule has 0 aliphatic rings. The summed E-state index contributed by atoms with van der Waals surface area (Å²) in [6.45, 7) is 11.6. The van der Waals surface area contributed by atoms with Gasteiger partial charge in [0.25, 0.3) is 0 Å². The van der Waals surface area contributed by atoms with Crippen LogP contribution >= 0.6 is 0 Å². The van der Waals surface area contributed by atoms with Gasteiger partial charge in [-0.1, -0.05) is 13.8 Å². The van der Waals surface area contributed by atoms with Crippen LogP contribution in [0.25, 0.3) is 0 Å². The maximum absolute atomic E-state index is 11.7. The van der Waals surface area contributed by atoms with Crippen molar-refractivity contribution in [1.29, 1.82) is 0 Å². The van der Waals surface area contributed by atoms with Gasteiger partial charge in [-0.2, -0.15) is 0 Å². The number of hydrogen-bond acceptors (Lipinski definition) is 4. The molecule has 19 heavy (non-hydrogen) atoms. The zero-order chi connectivity index (χ0) is 15.1. The second kappa shape index (κ2) is 8.02. The summed E-state index contributed by atoms with van der Waals surface area (Å²) < 4.78 is 10.1. The lowest BCUT2D eigenvalue weighted by Gasteiger charge is -2.25. The number of carbonyl (C=O) groups is 2. The number of ether oxygens (including phenoxy) is 2. The number of nitrogens with one attached hydrogen (secondary N) is 1. The Morgan fingerprint density at radius 3 is 2.21 bits per heavy atom. The molecule has 0 heterocycles. The minimum absolute atomic E-state index is 0.0979. The van der Waals surface area contributed by atoms with E-state index in [1.165, 1.54) is 0 Å². The van der Waals surface area contributed by atoms with E-state index >= 15 is 0 Å². The second-order valence-electron chi connectivity index (χ2n) is 5.84. The first kappa shape index (κ1) is 17.7. The molecule has 112 valence electrons. The van der Waals surface area contributed by atoms with Crippen LogP contribution in [0.3, 0.4) is 0 Å². The molecular formula is C14H27NO4. The van der Waals surface area contributed by atoms with E-state index in [1.807, 2.05) is 34.6 Å². The lowest BCUT2D eigenvalue weighted by atomic mass is 9.99. The third-order valence-electron chi connectivity index (χ3n) is 2.47. The number of alkyl carbamates (subject to hydrolysis) is 1. The van der Waals surface area contributed by atoms with Crippen LogP contribution in [0.15, 0.2) is 0 Å².